The van der Waals surface area contributed by atoms with Crippen molar-refractivity contribution >= 4 is 16.9 Å². The predicted octanol–water partition coefficient (Wildman–Crippen LogP) is 1.22. The van der Waals surface area contributed by atoms with Crippen LogP contribution in [0.5, 0.6) is 0 Å². The van der Waals surface area contributed by atoms with Gasteiger partial charge in [0.2, 0.25) is 6.17 Å². The highest BCUT2D eigenvalue weighted by Gasteiger charge is 2.19. The molecule has 1 heterocycles. The molecule has 5 nitrogen and oxygen atoms in total. The molecular weight excluding hydrogens is 251 g/mol. The lowest BCUT2D eigenvalue weighted by Gasteiger charge is -2.09. The van der Waals surface area contributed by atoms with Crippen molar-refractivity contribution in [3.8, 4) is 0 Å². The molecule has 0 saturated carbocycles. The second-order valence-corrected chi connectivity index (χ2v) is 4.16. The van der Waals surface area contributed by atoms with E-state index in [4.69, 9.17) is 0 Å². The highest BCUT2D eigenvalue weighted by Crippen LogP contribution is 2.11. The molecule has 0 radical (unpaired) electrons. The monoisotopic (exact) mass is 264 g/mol. The van der Waals surface area contributed by atoms with E-state index in [0.29, 0.717) is 10.9 Å². The predicted molar refractivity (Wildman–Crippen MR) is 67.7 cm³/mol. The van der Waals surface area contributed by atoms with Gasteiger partial charge in [0, 0.05) is 0 Å². The van der Waals surface area contributed by atoms with E-state index in [1.807, 2.05) is 13.0 Å². The highest BCUT2D eigenvalue weighted by atomic mass is 19.1. The third-order valence-electron chi connectivity index (χ3n) is 2.87. The SMILES string of the molecule is COC(=O)C(F)Cn1cnc2c(C)cccc2c1=O. The summed E-state index contributed by atoms with van der Waals surface area (Å²) >= 11 is 0. The maximum Gasteiger partial charge on any atom is 0.342 e. The van der Waals surface area contributed by atoms with Crippen LogP contribution in [0.15, 0.2) is 29.3 Å². The highest BCUT2D eigenvalue weighted by molar-refractivity contribution is 5.80. The minimum atomic E-state index is -1.88. The van der Waals surface area contributed by atoms with Gasteiger partial charge in [0.15, 0.2) is 0 Å². The molecule has 2 aromatic rings. The van der Waals surface area contributed by atoms with Gasteiger partial charge in [0.1, 0.15) is 0 Å². The summed E-state index contributed by atoms with van der Waals surface area (Å²) in [6.45, 7) is 1.44. The van der Waals surface area contributed by atoms with Crippen LogP contribution in [0.1, 0.15) is 5.56 Å². The zero-order valence-corrected chi connectivity index (χ0v) is 10.6. The molecule has 2 rings (SSSR count). The third-order valence-corrected chi connectivity index (χ3v) is 2.87. The lowest BCUT2D eigenvalue weighted by Crippen LogP contribution is -2.30. The summed E-state index contributed by atoms with van der Waals surface area (Å²) in [5.41, 5.74) is 1.07. The van der Waals surface area contributed by atoms with Gasteiger partial charge in [-0.15, -0.1) is 0 Å². The lowest BCUT2D eigenvalue weighted by molar-refractivity contribution is -0.147. The topological polar surface area (TPSA) is 61.2 Å². The molecule has 1 aromatic carbocycles. The third kappa shape index (κ3) is 2.47. The van der Waals surface area contributed by atoms with Crippen molar-refractivity contribution in [2.75, 3.05) is 7.11 Å². The van der Waals surface area contributed by atoms with Gasteiger partial charge < -0.3 is 4.74 Å². The number of rotatable bonds is 3. The Bertz CT molecular complexity index is 681. The second-order valence-electron chi connectivity index (χ2n) is 4.16. The second kappa shape index (κ2) is 5.17. The van der Waals surface area contributed by atoms with Gasteiger partial charge in [-0.1, -0.05) is 12.1 Å². The summed E-state index contributed by atoms with van der Waals surface area (Å²) in [6.07, 6.45) is -0.639. The molecule has 100 valence electrons. The number of ether oxygens (including phenoxy) is 1. The molecule has 1 atom stereocenters. The molecule has 0 aliphatic carbocycles. The van der Waals surface area contributed by atoms with Gasteiger partial charge in [0.25, 0.3) is 5.56 Å². The molecule has 0 aliphatic rings. The molecule has 0 fully saturated rings. The van der Waals surface area contributed by atoms with Crippen LogP contribution in [0, 0.1) is 6.92 Å². The number of methoxy groups -OCH3 is 1. The number of esters is 1. The van der Waals surface area contributed by atoms with E-state index in [2.05, 4.69) is 9.72 Å². The van der Waals surface area contributed by atoms with Crippen LogP contribution in [-0.4, -0.2) is 28.8 Å². The van der Waals surface area contributed by atoms with E-state index in [1.165, 1.54) is 6.33 Å². The molecule has 19 heavy (non-hydrogen) atoms. The van der Waals surface area contributed by atoms with E-state index in [9.17, 15) is 14.0 Å². The summed E-state index contributed by atoms with van der Waals surface area (Å²) in [6, 6.07) is 5.20. The molecule has 0 saturated heterocycles. The fraction of sp³-hybridized carbons (Fsp3) is 0.308. The Morgan fingerprint density at radius 2 is 2.26 bits per heavy atom. The summed E-state index contributed by atoms with van der Waals surface area (Å²) in [5, 5.41) is 0.402. The van der Waals surface area contributed by atoms with E-state index in [1.54, 1.807) is 12.1 Å². The van der Waals surface area contributed by atoms with Gasteiger partial charge in [0.05, 0.1) is 30.9 Å². The molecule has 0 bridgehead atoms. The van der Waals surface area contributed by atoms with Gasteiger partial charge in [-0.05, 0) is 18.6 Å². The Kier molecular flexibility index (Phi) is 3.59. The number of hydrogen-bond donors (Lipinski definition) is 0. The number of benzene rings is 1. The Balaban J connectivity index is 2.44. The summed E-state index contributed by atoms with van der Waals surface area (Å²) in [7, 11) is 1.10. The molecule has 1 unspecified atom stereocenters. The van der Waals surface area contributed by atoms with Crippen molar-refractivity contribution in [3.05, 3.63) is 40.4 Å². The average Bonchev–Trinajstić information content (AvgIpc) is 2.41. The molecule has 0 aliphatic heterocycles. The Labute approximate surface area is 108 Å². The number of carbonyl (C=O) groups is 1. The number of fused-ring (bicyclic) bond motifs is 1. The molecule has 0 N–H and O–H groups in total. The minimum Gasteiger partial charge on any atom is -0.467 e. The largest absolute Gasteiger partial charge is 0.467 e. The zero-order valence-electron chi connectivity index (χ0n) is 10.6. The van der Waals surface area contributed by atoms with Crippen molar-refractivity contribution in [1.82, 2.24) is 9.55 Å². The summed E-state index contributed by atoms with van der Waals surface area (Å²) in [4.78, 5) is 27.3. The first-order chi connectivity index (χ1) is 9.04. The minimum absolute atomic E-state index is 0.375. The molecule has 0 spiro atoms. The number of para-hydroxylation sites is 1. The normalized spacial score (nSPS) is 12.4. The summed E-state index contributed by atoms with van der Waals surface area (Å²) in [5.74, 6) is -1.00. The van der Waals surface area contributed by atoms with Crippen LogP contribution in [0.3, 0.4) is 0 Å². The van der Waals surface area contributed by atoms with E-state index >= 15 is 0 Å². The van der Waals surface area contributed by atoms with Crippen LogP contribution in [-0.2, 0) is 16.1 Å². The number of nitrogens with zero attached hydrogens (tertiary/aromatic N) is 2. The Hall–Kier alpha value is -2.24. The number of hydrogen-bond acceptors (Lipinski definition) is 4. The molecular formula is C13H13FN2O3. The van der Waals surface area contributed by atoms with Crippen molar-refractivity contribution in [3.63, 3.8) is 0 Å². The zero-order chi connectivity index (χ0) is 14.0. The van der Waals surface area contributed by atoms with Crippen molar-refractivity contribution in [1.29, 1.82) is 0 Å². The number of carbonyl (C=O) groups excluding carboxylic acids is 1. The number of aryl methyl sites for hydroxylation is 1. The van der Waals surface area contributed by atoms with Gasteiger partial charge >= 0.3 is 5.97 Å². The quantitative estimate of drug-likeness (QED) is 0.782. The first-order valence-electron chi connectivity index (χ1n) is 5.71. The van der Waals surface area contributed by atoms with Crippen LogP contribution in [0.4, 0.5) is 4.39 Å². The molecule has 0 amide bonds. The number of aromatic nitrogens is 2. The van der Waals surface area contributed by atoms with Crippen molar-refractivity contribution in [2.45, 2.75) is 19.6 Å². The number of alkyl halides is 1. The smallest absolute Gasteiger partial charge is 0.342 e. The maximum absolute atomic E-state index is 13.5. The lowest BCUT2D eigenvalue weighted by atomic mass is 10.1. The molecule has 1 aromatic heterocycles. The Morgan fingerprint density at radius 3 is 2.95 bits per heavy atom. The fourth-order valence-corrected chi connectivity index (χ4v) is 1.84. The number of halogens is 1. The van der Waals surface area contributed by atoms with Crippen molar-refractivity contribution in [2.24, 2.45) is 0 Å². The Morgan fingerprint density at radius 1 is 1.53 bits per heavy atom. The van der Waals surface area contributed by atoms with Crippen molar-refractivity contribution < 1.29 is 13.9 Å². The van der Waals surface area contributed by atoms with E-state index in [-0.39, 0.29) is 5.56 Å². The van der Waals surface area contributed by atoms with Crippen LogP contribution < -0.4 is 5.56 Å². The van der Waals surface area contributed by atoms with E-state index in [0.717, 1.165) is 17.2 Å². The first-order valence-corrected chi connectivity index (χ1v) is 5.71. The van der Waals surface area contributed by atoms with Crippen LogP contribution >= 0.6 is 0 Å². The van der Waals surface area contributed by atoms with Crippen LogP contribution in [0.2, 0.25) is 0 Å². The maximum atomic E-state index is 13.5. The standard InChI is InChI=1S/C13H13FN2O3/c1-8-4-3-5-9-11(8)15-7-16(12(9)17)6-10(14)13(18)19-2/h3-5,7,10H,6H2,1-2H3. The first kappa shape index (κ1) is 13.2. The van der Waals surface area contributed by atoms with E-state index < -0.39 is 18.7 Å². The average molecular weight is 264 g/mol. The fourth-order valence-electron chi connectivity index (χ4n) is 1.84. The van der Waals surface area contributed by atoms with Gasteiger partial charge in [-0.25, -0.2) is 14.2 Å². The van der Waals surface area contributed by atoms with Crippen LogP contribution in [0.25, 0.3) is 10.9 Å². The van der Waals surface area contributed by atoms with Gasteiger partial charge in [-0.2, -0.15) is 0 Å². The summed E-state index contributed by atoms with van der Waals surface area (Å²) < 4.78 is 18.8. The van der Waals surface area contributed by atoms with Gasteiger partial charge in [-0.3, -0.25) is 9.36 Å². The molecule has 6 heteroatoms.